The summed E-state index contributed by atoms with van der Waals surface area (Å²) in [5.74, 6) is 4.02. The van der Waals surface area contributed by atoms with Crippen molar-refractivity contribution in [2.45, 2.75) is 63.3 Å². The highest BCUT2D eigenvalue weighted by atomic mass is 16.5. The second-order valence-electron chi connectivity index (χ2n) is 7.78. The molecule has 0 unspecified atom stereocenters. The summed E-state index contributed by atoms with van der Waals surface area (Å²) < 4.78 is 5.50. The molecular formula is C20H25N7O. The van der Waals surface area contributed by atoms with Crippen LogP contribution in [0.2, 0.25) is 0 Å². The van der Waals surface area contributed by atoms with Gasteiger partial charge in [0.1, 0.15) is 5.82 Å². The highest BCUT2D eigenvalue weighted by molar-refractivity contribution is 5.53. The molecule has 0 spiro atoms. The molecule has 0 aromatic carbocycles. The number of nitrogens with one attached hydrogen (secondary N) is 3. The summed E-state index contributed by atoms with van der Waals surface area (Å²) in [7, 11) is 0. The molecule has 0 radical (unpaired) electrons. The molecule has 0 amide bonds. The lowest BCUT2D eigenvalue weighted by Gasteiger charge is -2.18. The van der Waals surface area contributed by atoms with Crippen LogP contribution in [0.5, 0.6) is 0 Å². The minimum atomic E-state index is 0.511. The lowest BCUT2D eigenvalue weighted by atomic mass is 9.87. The van der Waals surface area contributed by atoms with Gasteiger partial charge in [-0.2, -0.15) is 10.1 Å². The van der Waals surface area contributed by atoms with Gasteiger partial charge in [0.25, 0.3) is 0 Å². The Kier molecular flexibility index (Phi) is 4.68. The van der Waals surface area contributed by atoms with Crippen LogP contribution in [-0.2, 0) is 6.54 Å². The lowest BCUT2D eigenvalue weighted by molar-refractivity contribution is 0.361. The topological polar surface area (TPSA) is 105 Å². The van der Waals surface area contributed by atoms with Crippen molar-refractivity contribution >= 4 is 17.6 Å². The number of hydrogen-bond donors (Lipinski definition) is 3. The maximum Gasteiger partial charge on any atom is 0.224 e. The van der Waals surface area contributed by atoms with Crippen molar-refractivity contribution in [3.63, 3.8) is 0 Å². The Labute approximate surface area is 163 Å². The average Bonchev–Trinajstić information content (AvgIpc) is 3.29. The van der Waals surface area contributed by atoms with Gasteiger partial charge >= 0.3 is 0 Å². The summed E-state index contributed by atoms with van der Waals surface area (Å²) >= 11 is 0. The van der Waals surface area contributed by atoms with E-state index in [4.69, 9.17) is 4.52 Å². The third kappa shape index (κ3) is 4.00. The van der Waals surface area contributed by atoms with E-state index in [0.717, 1.165) is 17.3 Å². The Morgan fingerprint density at radius 2 is 1.93 bits per heavy atom. The predicted molar refractivity (Wildman–Crippen MR) is 106 cm³/mol. The molecule has 5 rings (SSSR count). The summed E-state index contributed by atoms with van der Waals surface area (Å²) in [6, 6.07) is 5.94. The number of nitrogens with zero attached hydrogens (tertiary/aromatic N) is 4. The quantitative estimate of drug-likeness (QED) is 0.556. The summed E-state index contributed by atoms with van der Waals surface area (Å²) in [5, 5.41) is 18.1. The van der Waals surface area contributed by atoms with E-state index in [-0.39, 0.29) is 0 Å². The lowest BCUT2D eigenvalue weighted by Crippen LogP contribution is -2.05. The van der Waals surface area contributed by atoms with E-state index in [0.29, 0.717) is 30.1 Å². The second kappa shape index (κ2) is 7.61. The second-order valence-corrected chi connectivity index (χ2v) is 7.78. The molecule has 2 aliphatic carbocycles. The van der Waals surface area contributed by atoms with Gasteiger partial charge in [-0.1, -0.05) is 24.4 Å². The van der Waals surface area contributed by atoms with Crippen molar-refractivity contribution < 1.29 is 4.52 Å². The molecule has 3 heterocycles. The third-order valence-electron chi connectivity index (χ3n) is 5.55. The standard InChI is InChI=1S/C20H25N7O/c1-2-4-13(5-3-1)17-10-15(28-27-17)12-22-20-21-9-8-18(24-20)23-19-11-16(25-26-19)14-6-7-14/h8-11,13-14H,1-7,12H2,(H3,21,22,23,24,25,26). The van der Waals surface area contributed by atoms with E-state index >= 15 is 0 Å². The Balaban J connectivity index is 1.18. The summed E-state index contributed by atoms with van der Waals surface area (Å²) in [6.45, 7) is 0.511. The average molecular weight is 379 g/mol. The molecule has 8 heteroatoms. The van der Waals surface area contributed by atoms with E-state index in [2.05, 4.69) is 42.0 Å². The fourth-order valence-electron chi connectivity index (χ4n) is 3.82. The Morgan fingerprint density at radius 1 is 1.04 bits per heavy atom. The predicted octanol–water partition coefficient (Wildman–Crippen LogP) is 4.47. The normalized spacial score (nSPS) is 17.6. The summed E-state index contributed by atoms with van der Waals surface area (Å²) in [6.07, 6.45) is 10.6. The Bertz CT molecular complexity index is 924. The summed E-state index contributed by atoms with van der Waals surface area (Å²) in [5.41, 5.74) is 2.27. The van der Waals surface area contributed by atoms with Crippen LogP contribution in [0.25, 0.3) is 0 Å². The van der Waals surface area contributed by atoms with E-state index in [9.17, 15) is 0 Å². The van der Waals surface area contributed by atoms with Gasteiger partial charge < -0.3 is 15.2 Å². The zero-order chi connectivity index (χ0) is 18.8. The van der Waals surface area contributed by atoms with Gasteiger partial charge in [-0.25, -0.2) is 4.98 Å². The van der Waals surface area contributed by atoms with Gasteiger partial charge in [-0.05, 0) is 31.7 Å². The number of rotatable bonds is 7. The van der Waals surface area contributed by atoms with Crippen LogP contribution in [0.3, 0.4) is 0 Å². The van der Waals surface area contributed by atoms with Gasteiger partial charge in [0, 0.05) is 35.9 Å². The molecular weight excluding hydrogens is 354 g/mol. The minimum Gasteiger partial charge on any atom is -0.359 e. The van der Waals surface area contributed by atoms with Crippen LogP contribution in [0.4, 0.5) is 17.6 Å². The van der Waals surface area contributed by atoms with Gasteiger partial charge in [0.05, 0.1) is 12.2 Å². The maximum absolute atomic E-state index is 5.50. The molecule has 2 fully saturated rings. The first-order chi connectivity index (χ1) is 13.8. The molecule has 3 aromatic rings. The molecule has 0 aliphatic heterocycles. The Morgan fingerprint density at radius 3 is 2.79 bits per heavy atom. The molecule has 28 heavy (non-hydrogen) atoms. The maximum atomic E-state index is 5.50. The molecule has 8 nitrogen and oxygen atoms in total. The van der Waals surface area contributed by atoms with E-state index in [1.165, 1.54) is 50.6 Å². The smallest absolute Gasteiger partial charge is 0.224 e. The van der Waals surface area contributed by atoms with Crippen molar-refractivity contribution in [2.75, 3.05) is 10.6 Å². The fraction of sp³-hybridized carbons (Fsp3) is 0.500. The fourth-order valence-corrected chi connectivity index (χ4v) is 3.82. The minimum absolute atomic E-state index is 0.511. The van der Waals surface area contributed by atoms with Crippen molar-refractivity contribution in [1.29, 1.82) is 0 Å². The largest absolute Gasteiger partial charge is 0.359 e. The SMILES string of the molecule is c1cc(Nc2cc(C3CC3)[nH]n2)nc(NCc2cc(C3CCCCC3)no2)n1. The molecule has 0 atom stereocenters. The van der Waals surface area contributed by atoms with E-state index in [1.54, 1.807) is 6.20 Å². The molecule has 0 saturated heterocycles. The number of anilines is 3. The molecule has 2 aliphatic rings. The molecule has 3 aromatic heterocycles. The number of aromatic amines is 1. The summed E-state index contributed by atoms with van der Waals surface area (Å²) in [4.78, 5) is 8.78. The van der Waals surface area contributed by atoms with Crippen molar-refractivity contribution in [3.05, 3.63) is 41.5 Å². The van der Waals surface area contributed by atoms with E-state index < -0.39 is 0 Å². The highest BCUT2D eigenvalue weighted by Gasteiger charge is 2.25. The van der Waals surface area contributed by atoms with Crippen molar-refractivity contribution in [2.24, 2.45) is 0 Å². The first-order valence-corrected chi connectivity index (χ1v) is 10.2. The van der Waals surface area contributed by atoms with Crippen LogP contribution < -0.4 is 10.6 Å². The van der Waals surface area contributed by atoms with Crippen molar-refractivity contribution in [1.82, 2.24) is 25.3 Å². The van der Waals surface area contributed by atoms with Crippen LogP contribution >= 0.6 is 0 Å². The van der Waals surface area contributed by atoms with Gasteiger partial charge in [0.15, 0.2) is 11.6 Å². The van der Waals surface area contributed by atoms with Gasteiger partial charge in [-0.3, -0.25) is 5.10 Å². The number of aromatic nitrogens is 5. The first kappa shape index (κ1) is 17.2. The number of H-pyrrole nitrogens is 1. The zero-order valence-corrected chi connectivity index (χ0v) is 15.8. The zero-order valence-electron chi connectivity index (χ0n) is 15.8. The molecule has 146 valence electrons. The van der Waals surface area contributed by atoms with E-state index in [1.807, 2.05) is 12.1 Å². The van der Waals surface area contributed by atoms with Gasteiger partial charge in [-0.15, -0.1) is 0 Å². The Hall–Kier alpha value is -2.90. The molecule has 0 bridgehead atoms. The van der Waals surface area contributed by atoms with Crippen LogP contribution in [0.15, 0.2) is 28.9 Å². The van der Waals surface area contributed by atoms with Crippen LogP contribution in [0, 0.1) is 0 Å². The third-order valence-corrected chi connectivity index (χ3v) is 5.55. The van der Waals surface area contributed by atoms with Crippen molar-refractivity contribution in [3.8, 4) is 0 Å². The molecule has 2 saturated carbocycles. The molecule has 3 N–H and O–H groups in total. The van der Waals surface area contributed by atoms with Gasteiger partial charge in [0.2, 0.25) is 5.95 Å². The van der Waals surface area contributed by atoms with Crippen LogP contribution in [-0.4, -0.2) is 25.3 Å². The number of hydrogen-bond acceptors (Lipinski definition) is 7. The van der Waals surface area contributed by atoms with Crippen LogP contribution in [0.1, 0.15) is 73.9 Å². The highest BCUT2D eigenvalue weighted by Crippen LogP contribution is 2.39. The first-order valence-electron chi connectivity index (χ1n) is 10.2. The monoisotopic (exact) mass is 379 g/mol.